The number of carbonyl (C=O) groups is 1. The number of hydrogen-bond donors (Lipinski definition) is 1. The minimum Gasteiger partial charge on any atom is -0.454 e. The van der Waals surface area contributed by atoms with Gasteiger partial charge in [-0.2, -0.15) is 0 Å². The average molecular weight is 369 g/mol. The topological polar surface area (TPSA) is 72.9 Å². The molecule has 2 aliphatic rings. The number of nitrogens with zero attached hydrogens (tertiary/aromatic N) is 2. The Morgan fingerprint density at radius 3 is 2.85 bits per heavy atom. The van der Waals surface area contributed by atoms with Gasteiger partial charge in [-0.25, -0.2) is 0 Å². The normalized spacial score (nSPS) is 17.5. The summed E-state index contributed by atoms with van der Waals surface area (Å²) in [5.41, 5.74) is 2.00. The van der Waals surface area contributed by atoms with Gasteiger partial charge < -0.3 is 19.5 Å². The van der Waals surface area contributed by atoms with Crippen molar-refractivity contribution in [3.05, 3.63) is 53.9 Å². The lowest BCUT2D eigenvalue weighted by Crippen LogP contribution is -2.46. The van der Waals surface area contributed by atoms with Crippen LogP contribution in [-0.2, 0) is 16.0 Å². The van der Waals surface area contributed by atoms with Gasteiger partial charge in [0.15, 0.2) is 11.5 Å². The number of hydrogen-bond acceptors (Lipinski definition) is 6. The minimum atomic E-state index is -0.348. The number of amides is 1. The van der Waals surface area contributed by atoms with Gasteiger partial charge >= 0.3 is 0 Å². The van der Waals surface area contributed by atoms with Crippen molar-refractivity contribution in [2.75, 3.05) is 39.6 Å². The van der Waals surface area contributed by atoms with Gasteiger partial charge in [0.1, 0.15) is 6.04 Å². The number of carbonyl (C=O) groups excluding carboxylic acids is 1. The molecule has 7 heteroatoms. The van der Waals surface area contributed by atoms with Crippen LogP contribution < -0.4 is 14.8 Å². The second-order valence-corrected chi connectivity index (χ2v) is 6.57. The van der Waals surface area contributed by atoms with E-state index in [2.05, 4.69) is 15.2 Å². The van der Waals surface area contributed by atoms with Gasteiger partial charge in [-0.05, 0) is 35.7 Å². The van der Waals surface area contributed by atoms with Crippen molar-refractivity contribution in [1.82, 2.24) is 15.2 Å². The van der Waals surface area contributed by atoms with Crippen molar-refractivity contribution in [1.29, 1.82) is 0 Å². The first-order chi connectivity index (χ1) is 13.3. The summed E-state index contributed by atoms with van der Waals surface area (Å²) >= 11 is 0. The molecule has 0 aliphatic carbocycles. The third kappa shape index (κ3) is 4.20. The molecule has 1 atom stereocenters. The van der Waals surface area contributed by atoms with Crippen molar-refractivity contribution in [3.63, 3.8) is 0 Å². The van der Waals surface area contributed by atoms with Crippen molar-refractivity contribution >= 4 is 5.91 Å². The highest BCUT2D eigenvalue weighted by molar-refractivity contribution is 5.83. The summed E-state index contributed by atoms with van der Waals surface area (Å²) in [4.78, 5) is 19.3. The van der Waals surface area contributed by atoms with Crippen molar-refractivity contribution in [2.24, 2.45) is 0 Å². The van der Waals surface area contributed by atoms with E-state index in [0.29, 0.717) is 19.8 Å². The van der Waals surface area contributed by atoms with Crippen LogP contribution in [0, 0.1) is 0 Å². The van der Waals surface area contributed by atoms with E-state index in [1.165, 1.54) is 0 Å². The second-order valence-electron chi connectivity index (χ2n) is 6.57. The lowest BCUT2D eigenvalue weighted by Gasteiger charge is -2.33. The molecule has 1 amide bonds. The van der Waals surface area contributed by atoms with E-state index in [-0.39, 0.29) is 18.7 Å². The lowest BCUT2D eigenvalue weighted by atomic mass is 10.1. The highest BCUT2D eigenvalue weighted by Crippen LogP contribution is 2.32. The summed E-state index contributed by atoms with van der Waals surface area (Å²) in [7, 11) is 0. The molecule has 0 bridgehead atoms. The Labute approximate surface area is 158 Å². The van der Waals surface area contributed by atoms with Crippen LogP contribution in [0.15, 0.2) is 42.7 Å². The predicted octanol–water partition coefficient (Wildman–Crippen LogP) is 1.54. The van der Waals surface area contributed by atoms with Crippen LogP contribution in [0.4, 0.5) is 0 Å². The molecule has 2 aromatic rings. The molecular formula is C20H23N3O4. The maximum Gasteiger partial charge on any atom is 0.242 e. The first-order valence-corrected chi connectivity index (χ1v) is 9.19. The fourth-order valence-corrected chi connectivity index (χ4v) is 3.42. The Bertz CT molecular complexity index is 778. The highest BCUT2D eigenvalue weighted by atomic mass is 16.7. The average Bonchev–Trinajstić information content (AvgIpc) is 3.18. The molecule has 1 aromatic heterocycles. The standard InChI is InChI=1S/C20H23N3O4/c24-20(22-7-5-15-3-4-17-18(12-15)27-14-26-17)19(16-2-1-6-21-13-16)23-8-10-25-11-9-23/h1-4,6,12-13,19H,5,7-11,14H2,(H,22,24)/t19-/m1/s1. The third-order valence-electron chi connectivity index (χ3n) is 4.81. The first-order valence-electron chi connectivity index (χ1n) is 9.19. The molecule has 1 N–H and O–H groups in total. The zero-order valence-corrected chi connectivity index (χ0v) is 15.1. The maximum absolute atomic E-state index is 13.0. The first kappa shape index (κ1) is 17.8. The van der Waals surface area contributed by atoms with Gasteiger partial charge in [0.05, 0.1) is 13.2 Å². The zero-order valence-electron chi connectivity index (χ0n) is 15.1. The number of fused-ring (bicyclic) bond motifs is 1. The van der Waals surface area contributed by atoms with Crippen LogP contribution in [0.5, 0.6) is 11.5 Å². The number of benzene rings is 1. The largest absolute Gasteiger partial charge is 0.454 e. The van der Waals surface area contributed by atoms with Crippen LogP contribution in [0.1, 0.15) is 17.2 Å². The molecule has 0 unspecified atom stereocenters. The predicted molar refractivity (Wildman–Crippen MR) is 98.6 cm³/mol. The molecule has 27 heavy (non-hydrogen) atoms. The maximum atomic E-state index is 13.0. The van der Waals surface area contributed by atoms with Crippen LogP contribution in [0.3, 0.4) is 0 Å². The monoisotopic (exact) mass is 369 g/mol. The molecule has 1 fully saturated rings. The smallest absolute Gasteiger partial charge is 0.242 e. The number of rotatable bonds is 6. The third-order valence-corrected chi connectivity index (χ3v) is 4.81. The quantitative estimate of drug-likeness (QED) is 0.833. The molecule has 0 saturated carbocycles. The van der Waals surface area contributed by atoms with Gasteiger partial charge in [-0.15, -0.1) is 0 Å². The Morgan fingerprint density at radius 1 is 1.19 bits per heavy atom. The Kier molecular flexibility index (Phi) is 5.50. The van der Waals surface area contributed by atoms with Crippen molar-refractivity contribution in [3.8, 4) is 11.5 Å². The molecule has 4 rings (SSSR count). The van der Waals surface area contributed by atoms with Crippen LogP contribution in [0.2, 0.25) is 0 Å². The van der Waals surface area contributed by atoms with Crippen molar-refractivity contribution < 1.29 is 19.0 Å². The van der Waals surface area contributed by atoms with E-state index in [4.69, 9.17) is 14.2 Å². The summed E-state index contributed by atoms with van der Waals surface area (Å²) in [5, 5.41) is 3.07. The fraction of sp³-hybridized carbons (Fsp3) is 0.400. The summed E-state index contributed by atoms with van der Waals surface area (Å²) in [6.45, 7) is 3.56. The van der Waals surface area contributed by atoms with Gasteiger partial charge in [-0.3, -0.25) is 14.7 Å². The summed E-state index contributed by atoms with van der Waals surface area (Å²) in [5.74, 6) is 1.53. The molecule has 0 radical (unpaired) electrons. The van der Waals surface area contributed by atoms with E-state index < -0.39 is 0 Å². The van der Waals surface area contributed by atoms with Crippen molar-refractivity contribution in [2.45, 2.75) is 12.5 Å². The van der Waals surface area contributed by atoms with Crippen LogP contribution in [-0.4, -0.2) is 55.4 Å². The van der Waals surface area contributed by atoms with Crippen LogP contribution in [0.25, 0.3) is 0 Å². The molecule has 142 valence electrons. The molecule has 3 heterocycles. The molecule has 1 saturated heterocycles. The molecule has 7 nitrogen and oxygen atoms in total. The van der Waals surface area contributed by atoms with Gasteiger partial charge in [0.2, 0.25) is 12.7 Å². The Balaban J connectivity index is 1.39. The summed E-state index contributed by atoms with van der Waals surface area (Å²) in [6.07, 6.45) is 4.21. The summed E-state index contributed by atoms with van der Waals surface area (Å²) < 4.78 is 16.2. The molecular weight excluding hydrogens is 346 g/mol. The van der Waals surface area contributed by atoms with E-state index in [9.17, 15) is 4.79 Å². The number of nitrogens with one attached hydrogen (secondary N) is 1. The van der Waals surface area contributed by atoms with E-state index in [0.717, 1.165) is 42.1 Å². The van der Waals surface area contributed by atoms with E-state index in [1.807, 2.05) is 30.3 Å². The molecule has 2 aliphatic heterocycles. The van der Waals surface area contributed by atoms with E-state index >= 15 is 0 Å². The number of morpholine rings is 1. The minimum absolute atomic E-state index is 0.00866. The number of ether oxygens (including phenoxy) is 3. The SMILES string of the molecule is O=C(NCCc1ccc2c(c1)OCO2)[C@@H](c1cccnc1)N1CCOCC1. The lowest BCUT2D eigenvalue weighted by molar-refractivity contribution is -0.128. The number of aromatic nitrogens is 1. The second kappa shape index (κ2) is 8.37. The Hall–Kier alpha value is -2.64. The summed E-state index contributed by atoms with van der Waals surface area (Å²) in [6, 6.07) is 9.34. The fourth-order valence-electron chi connectivity index (χ4n) is 3.42. The van der Waals surface area contributed by atoms with Gasteiger partial charge in [0, 0.05) is 32.0 Å². The zero-order chi connectivity index (χ0) is 18.5. The highest BCUT2D eigenvalue weighted by Gasteiger charge is 2.29. The van der Waals surface area contributed by atoms with E-state index in [1.54, 1.807) is 12.4 Å². The van der Waals surface area contributed by atoms with Crippen LogP contribution >= 0.6 is 0 Å². The molecule has 0 spiro atoms. The Morgan fingerprint density at radius 2 is 2.04 bits per heavy atom. The molecule has 1 aromatic carbocycles. The van der Waals surface area contributed by atoms with Gasteiger partial charge in [-0.1, -0.05) is 12.1 Å². The van der Waals surface area contributed by atoms with Gasteiger partial charge in [0.25, 0.3) is 0 Å². The number of pyridine rings is 1.